The van der Waals surface area contributed by atoms with Crippen LogP contribution in [0.25, 0.3) is 4.98 Å². The minimum atomic E-state index is -1.08. The summed E-state index contributed by atoms with van der Waals surface area (Å²) >= 11 is 0. The van der Waals surface area contributed by atoms with Crippen LogP contribution >= 0.6 is 0 Å². The quantitative estimate of drug-likeness (QED) is 0.407. The fraction of sp³-hybridized carbons (Fsp3) is 0.250. The van der Waals surface area contributed by atoms with Crippen molar-refractivity contribution in [3.05, 3.63) is 17.8 Å². The van der Waals surface area contributed by atoms with Crippen molar-refractivity contribution in [2.75, 3.05) is 0 Å². The minimum absolute atomic E-state index is 0.972. The first-order valence-electron chi connectivity index (χ1n) is 1.77. The second-order valence-corrected chi connectivity index (χ2v) is 0.790. The maximum absolute atomic E-state index is 8.89. The average molecular weight is 114 g/mol. The van der Waals surface area contributed by atoms with Crippen LogP contribution in [0.5, 0.6) is 0 Å². The lowest BCUT2D eigenvalue weighted by molar-refractivity contribution is -0.302. The van der Waals surface area contributed by atoms with E-state index >= 15 is 0 Å². The van der Waals surface area contributed by atoms with E-state index in [0.29, 0.717) is 0 Å². The van der Waals surface area contributed by atoms with Gasteiger partial charge < -0.3 is 9.90 Å². The molecule has 0 aromatic heterocycles. The van der Waals surface area contributed by atoms with E-state index < -0.39 is 5.97 Å². The summed E-state index contributed by atoms with van der Waals surface area (Å²) in [4.78, 5) is 11.4. The van der Waals surface area contributed by atoms with Crippen molar-refractivity contribution in [2.24, 2.45) is 0 Å². The molecule has 44 valence electrons. The van der Waals surface area contributed by atoms with Gasteiger partial charge in [0.2, 0.25) is 5.39 Å². The molecule has 0 aromatic rings. The van der Waals surface area contributed by atoms with Gasteiger partial charge >= 0.3 is 6.20 Å². The molecular weight excluding hydrogens is 108 g/mol. The number of aliphatic carboxylic acids is 1. The maximum atomic E-state index is 8.89. The lowest BCUT2D eigenvalue weighted by Crippen LogP contribution is -2.16. The summed E-state index contributed by atoms with van der Waals surface area (Å²) in [6.07, 6.45) is 1.06. The number of hydrogen-bond donors (Lipinski definition) is 0. The SMILES string of the molecule is C=C[N+]#N.CC(=O)[O-]. The monoisotopic (exact) mass is 114 g/mol. The zero-order valence-corrected chi connectivity index (χ0v) is 4.50. The van der Waals surface area contributed by atoms with Gasteiger partial charge in [-0.15, -0.1) is 0 Å². The standard InChI is InChI=1S/C2H3N2.C2H4O2/c1-2-4-3;1-2(3)4/h2H,1H2;1H3,(H,3,4)/q+1;/p-1. The predicted molar refractivity (Wildman–Crippen MR) is 26.0 cm³/mol. The van der Waals surface area contributed by atoms with E-state index in [1.165, 1.54) is 0 Å². The molecule has 0 amide bonds. The summed E-state index contributed by atoms with van der Waals surface area (Å²) in [6, 6.07) is 0. The van der Waals surface area contributed by atoms with Crippen LogP contribution < -0.4 is 5.11 Å². The van der Waals surface area contributed by atoms with Crippen LogP contribution in [-0.4, -0.2) is 5.97 Å². The first-order valence-corrected chi connectivity index (χ1v) is 1.77. The molecule has 4 heteroatoms. The van der Waals surface area contributed by atoms with Crippen molar-refractivity contribution in [2.45, 2.75) is 6.92 Å². The van der Waals surface area contributed by atoms with Crippen molar-refractivity contribution in [1.29, 1.82) is 5.39 Å². The molecule has 0 unspecified atom stereocenters. The highest BCUT2D eigenvalue weighted by Gasteiger charge is 1.55. The van der Waals surface area contributed by atoms with Gasteiger partial charge in [-0.25, -0.2) is 0 Å². The number of diazo groups is 1. The molecule has 0 fully saturated rings. The molecule has 0 radical (unpaired) electrons. The van der Waals surface area contributed by atoms with E-state index in [2.05, 4.69) is 11.6 Å². The number of hydrogen-bond acceptors (Lipinski definition) is 3. The summed E-state index contributed by atoms with van der Waals surface area (Å²) in [7, 11) is 0. The third-order valence-corrected chi connectivity index (χ3v) is 0.0816. The van der Waals surface area contributed by atoms with E-state index in [1.54, 1.807) is 0 Å². The first kappa shape index (κ1) is 9.80. The molecule has 0 bridgehead atoms. The Hall–Kier alpha value is -1.37. The highest BCUT2D eigenvalue weighted by atomic mass is 16.4. The Morgan fingerprint density at radius 2 is 2.12 bits per heavy atom. The zero-order valence-electron chi connectivity index (χ0n) is 4.50. The van der Waals surface area contributed by atoms with Crippen molar-refractivity contribution >= 4 is 5.97 Å². The van der Waals surface area contributed by atoms with Crippen LogP contribution in [0, 0.1) is 5.39 Å². The molecule has 0 saturated carbocycles. The topological polar surface area (TPSA) is 68.3 Å². The molecular formula is C4H6N2O2. The number of carboxylic acids is 1. The molecule has 0 rings (SSSR count). The van der Waals surface area contributed by atoms with Gasteiger partial charge in [0, 0.05) is 5.97 Å². The van der Waals surface area contributed by atoms with E-state index in [0.717, 1.165) is 13.1 Å². The van der Waals surface area contributed by atoms with E-state index in [4.69, 9.17) is 15.3 Å². The Labute approximate surface area is 47.1 Å². The molecule has 0 aliphatic rings. The van der Waals surface area contributed by atoms with Gasteiger partial charge in [-0.05, 0) is 13.5 Å². The summed E-state index contributed by atoms with van der Waals surface area (Å²) in [5.41, 5.74) is 0. The van der Waals surface area contributed by atoms with Gasteiger partial charge in [0.15, 0.2) is 4.98 Å². The normalized spacial score (nSPS) is 5.00. The van der Waals surface area contributed by atoms with Gasteiger partial charge in [0.05, 0.1) is 0 Å². The van der Waals surface area contributed by atoms with E-state index in [1.807, 2.05) is 0 Å². The zero-order chi connectivity index (χ0) is 6.99. The van der Waals surface area contributed by atoms with Crippen LogP contribution in [0.15, 0.2) is 12.8 Å². The number of carbonyl (C=O) groups excluding carboxylic acids is 1. The third kappa shape index (κ3) is 446. The fourth-order valence-electron chi connectivity index (χ4n) is 0. The number of nitrogens with zero attached hydrogens (tertiary/aromatic N) is 2. The molecule has 8 heavy (non-hydrogen) atoms. The highest BCUT2D eigenvalue weighted by molar-refractivity contribution is 5.60. The maximum Gasteiger partial charge on any atom is 0.343 e. The van der Waals surface area contributed by atoms with Gasteiger partial charge in [-0.1, -0.05) is 0 Å². The lowest BCUT2D eigenvalue weighted by atomic mass is 10.9. The van der Waals surface area contributed by atoms with E-state index in [9.17, 15) is 0 Å². The predicted octanol–water partition coefficient (Wildman–Crippen LogP) is -0.261. The van der Waals surface area contributed by atoms with Crippen molar-refractivity contribution < 1.29 is 9.90 Å². The molecule has 0 aliphatic carbocycles. The molecule has 0 spiro atoms. The van der Waals surface area contributed by atoms with Crippen molar-refractivity contribution in [3.8, 4) is 0 Å². The molecule has 0 saturated heterocycles. The lowest BCUT2D eigenvalue weighted by Gasteiger charge is -1.77. The molecule has 0 atom stereocenters. The Kier molecular flexibility index (Phi) is 11.2. The fourth-order valence-corrected chi connectivity index (χ4v) is 0. The highest BCUT2D eigenvalue weighted by Crippen LogP contribution is 1.52. The minimum Gasteiger partial charge on any atom is -0.550 e. The van der Waals surface area contributed by atoms with Gasteiger partial charge in [-0.2, -0.15) is 0 Å². The smallest absolute Gasteiger partial charge is 0.343 e. The Morgan fingerprint density at radius 3 is 2.12 bits per heavy atom. The molecule has 4 nitrogen and oxygen atoms in total. The van der Waals surface area contributed by atoms with Gasteiger partial charge in [-0.3, -0.25) is 0 Å². The van der Waals surface area contributed by atoms with Crippen LogP contribution in [-0.2, 0) is 4.79 Å². The number of rotatable bonds is 0. The van der Waals surface area contributed by atoms with Crippen LogP contribution in [0.4, 0.5) is 0 Å². The Bertz CT molecular complexity index is 110. The van der Waals surface area contributed by atoms with Crippen LogP contribution in [0.2, 0.25) is 0 Å². The molecule has 0 aromatic carbocycles. The third-order valence-electron chi connectivity index (χ3n) is 0.0816. The van der Waals surface area contributed by atoms with E-state index in [-0.39, 0.29) is 0 Å². The van der Waals surface area contributed by atoms with Crippen molar-refractivity contribution in [3.63, 3.8) is 0 Å². The summed E-state index contributed by atoms with van der Waals surface area (Å²) in [6.45, 7) is 4.03. The second kappa shape index (κ2) is 9.16. The molecule has 0 N–H and O–H groups in total. The van der Waals surface area contributed by atoms with Crippen LogP contribution in [0.1, 0.15) is 6.92 Å². The molecule has 0 heterocycles. The average Bonchev–Trinajstić information content (AvgIpc) is 1.65. The second-order valence-electron chi connectivity index (χ2n) is 0.790. The number of carboxylic acid groups (broad SMARTS) is 1. The summed E-state index contributed by atoms with van der Waals surface area (Å²) in [5, 5.41) is 16.3. The van der Waals surface area contributed by atoms with Gasteiger partial charge in [0.1, 0.15) is 0 Å². The Balaban J connectivity index is 0. The Morgan fingerprint density at radius 1 is 2.00 bits per heavy atom. The largest absolute Gasteiger partial charge is 0.550 e. The van der Waals surface area contributed by atoms with Crippen LogP contribution in [0.3, 0.4) is 0 Å². The first-order chi connectivity index (χ1) is 3.65. The number of carbonyl (C=O) groups is 1. The summed E-state index contributed by atoms with van der Waals surface area (Å²) < 4.78 is 0. The van der Waals surface area contributed by atoms with Gasteiger partial charge in [0.25, 0.3) is 0 Å². The summed E-state index contributed by atoms with van der Waals surface area (Å²) in [5.74, 6) is -1.08. The molecule has 0 aliphatic heterocycles. The van der Waals surface area contributed by atoms with Crippen molar-refractivity contribution in [1.82, 2.24) is 0 Å².